The lowest BCUT2D eigenvalue weighted by molar-refractivity contribution is -0.136. The number of nitrogens with one attached hydrogen (secondary N) is 2. The Kier molecular flexibility index (Phi) is 13.1. The lowest BCUT2D eigenvalue weighted by Crippen LogP contribution is -2.46. The van der Waals surface area contributed by atoms with E-state index in [1.165, 1.54) is 0 Å². The van der Waals surface area contributed by atoms with Crippen molar-refractivity contribution in [1.29, 1.82) is 0 Å². The predicted octanol–water partition coefficient (Wildman–Crippen LogP) is 4.76. The Labute approximate surface area is 300 Å². The quantitative estimate of drug-likeness (QED) is 0.157. The van der Waals surface area contributed by atoms with E-state index < -0.39 is 36.2 Å². The van der Waals surface area contributed by atoms with Gasteiger partial charge >= 0.3 is 24.1 Å². The second-order valence-corrected chi connectivity index (χ2v) is 12.2. The summed E-state index contributed by atoms with van der Waals surface area (Å²) in [5, 5.41) is 4.93. The van der Waals surface area contributed by atoms with Crippen LogP contribution in [-0.4, -0.2) is 62.5 Å². The SMILES string of the molecule is NCC[C@H](NC(=O)OCC1c2ccccc2-c2ccccc21)C(=O)OP.NC[C@H](NC(=O)OCC1c2ccccc2-c2ccccc21)C(=O)OP. The van der Waals surface area contributed by atoms with Gasteiger partial charge in [0.1, 0.15) is 25.3 Å². The lowest BCUT2D eigenvalue weighted by Gasteiger charge is -2.18. The molecule has 4 atom stereocenters. The molecule has 0 aromatic heterocycles. The predicted molar refractivity (Wildman–Crippen MR) is 198 cm³/mol. The van der Waals surface area contributed by atoms with Crippen LogP contribution in [0.1, 0.15) is 40.5 Å². The van der Waals surface area contributed by atoms with Crippen molar-refractivity contribution in [2.75, 3.05) is 26.3 Å². The average Bonchev–Trinajstić information content (AvgIpc) is 3.67. The molecule has 12 nitrogen and oxygen atoms in total. The fraction of sp³-hybridized carbons (Fsp3) is 0.243. The minimum absolute atomic E-state index is 0.0326. The summed E-state index contributed by atoms with van der Waals surface area (Å²) in [6.45, 7) is 0.531. The largest absolute Gasteiger partial charge is 0.450 e. The molecule has 6 N–H and O–H groups in total. The molecule has 6 rings (SSSR count). The Morgan fingerprint density at radius 3 is 1.24 bits per heavy atom. The number of hydrogen-bond donors (Lipinski definition) is 4. The van der Waals surface area contributed by atoms with Crippen LogP contribution in [0.15, 0.2) is 97.1 Å². The van der Waals surface area contributed by atoms with E-state index in [-0.39, 0.29) is 44.6 Å². The van der Waals surface area contributed by atoms with Gasteiger partial charge in [-0.1, -0.05) is 97.1 Å². The molecular formula is C37H40N4O8P2. The molecule has 266 valence electrons. The third-order valence-corrected chi connectivity index (χ3v) is 9.23. The van der Waals surface area contributed by atoms with Crippen LogP contribution in [0.2, 0.25) is 0 Å². The van der Waals surface area contributed by atoms with Crippen molar-refractivity contribution in [1.82, 2.24) is 10.6 Å². The molecule has 0 saturated carbocycles. The van der Waals surface area contributed by atoms with Crippen LogP contribution in [0.25, 0.3) is 22.3 Å². The van der Waals surface area contributed by atoms with Crippen LogP contribution in [0.5, 0.6) is 0 Å². The zero-order valence-electron chi connectivity index (χ0n) is 27.7. The topological polar surface area (TPSA) is 181 Å². The Balaban J connectivity index is 0.000000198. The van der Waals surface area contributed by atoms with Gasteiger partial charge in [0.25, 0.3) is 0 Å². The molecule has 0 fully saturated rings. The number of carbonyl (C=O) groups is 4. The highest BCUT2D eigenvalue weighted by atomic mass is 31.0. The Hall–Kier alpha value is -4.86. The fourth-order valence-corrected chi connectivity index (χ4v) is 6.69. The molecule has 0 heterocycles. The van der Waals surface area contributed by atoms with Crippen molar-refractivity contribution >= 4 is 43.1 Å². The van der Waals surface area contributed by atoms with Gasteiger partial charge < -0.3 is 40.6 Å². The van der Waals surface area contributed by atoms with E-state index in [1.807, 2.05) is 91.7 Å². The number of hydrogen-bond acceptors (Lipinski definition) is 10. The second kappa shape index (κ2) is 17.9. The van der Waals surface area contributed by atoms with Crippen molar-refractivity contribution in [2.45, 2.75) is 30.3 Å². The van der Waals surface area contributed by atoms with Gasteiger partial charge in [-0.3, -0.25) is 0 Å². The van der Waals surface area contributed by atoms with Crippen molar-refractivity contribution in [3.63, 3.8) is 0 Å². The number of rotatable bonds is 11. The summed E-state index contributed by atoms with van der Waals surface area (Å²) in [4.78, 5) is 47.3. The van der Waals surface area contributed by atoms with Gasteiger partial charge in [-0.05, 0) is 57.5 Å². The molecule has 0 radical (unpaired) electrons. The van der Waals surface area contributed by atoms with Gasteiger partial charge in [0.2, 0.25) is 0 Å². The van der Waals surface area contributed by atoms with Crippen molar-refractivity contribution in [2.24, 2.45) is 11.5 Å². The summed E-state index contributed by atoms with van der Waals surface area (Å²) in [6.07, 6.45) is -1.09. The highest BCUT2D eigenvalue weighted by Gasteiger charge is 2.31. The van der Waals surface area contributed by atoms with E-state index in [4.69, 9.17) is 20.9 Å². The minimum atomic E-state index is -0.937. The summed E-state index contributed by atoms with van der Waals surface area (Å²) in [5.41, 5.74) is 20.1. The zero-order valence-corrected chi connectivity index (χ0v) is 30.0. The smallest absolute Gasteiger partial charge is 0.407 e. The number of benzene rings is 4. The maximum absolute atomic E-state index is 12.1. The first-order valence-electron chi connectivity index (χ1n) is 16.3. The van der Waals surface area contributed by atoms with Gasteiger partial charge in [0.15, 0.2) is 0 Å². The average molecular weight is 731 g/mol. The van der Waals surface area contributed by atoms with Crippen LogP contribution < -0.4 is 22.1 Å². The van der Waals surface area contributed by atoms with Gasteiger partial charge in [-0.25, -0.2) is 19.2 Å². The van der Waals surface area contributed by atoms with Crippen molar-refractivity contribution in [3.8, 4) is 22.3 Å². The number of fused-ring (bicyclic) bond motifs is 6. The number of ether oxygens (including phenoxy) is 2. The van der Waals surface area contributed by atoms with E-state index in [9.17, 15) is 19.2 Å². The van der Waals surface area contributed by atoms with Gasteiger partial charge in [-0.15, -0.1) is 0 Å². The minimum Gasteiger partial charge on any atom is -0.450 e. The molecule has 51 heavy (non-hydrogen) atoms. The lowest BCUT2D eigenvalue weighted by atomic mass is 9.98. The highest BCUT2D eigenvalue weighted by molar-refractivity contribution is 7.11. The van der Waals surface area contributed by atoms with Crippen LogP contribution >= 0.6 is 18.9 Å². The van der Waals surface area contributed by atoms with Crippen LogP contribution in [0.3, 0.4) is 0 Å². The molecular weight excluding hydrogens is 690 g/mol. The van der Waals surface area contributed by atoms with Crippen molar-refractivity contribution in [3.05, 3.63) is 119 Å². The molecule has 0 spiro atoms. The van der Waals surface area contributed by atoms with Gasteiger partial charge in [0.05, 0.1) is 18.9 Å². The first kappa shape index (κ1) is 37.4. The van der Waals surface area contributed by atoms with Gasteiger partial charge in [-0.2, -0.15) is 0 Å². The molecule has 2 unspecified atom stereocenters. The molecule has 0 bridgehead atoms. The highest BCUT2D eigenvalue weighted by Crippen LogP contribution is 2.45. The van der Waals surface area contributed by atoms with E-state index in [0.29, 0.717) is 0 Å². The maximum Gasteiger partial charge on any atom is 0.407 e. The third kappa shape index (κ3) is 8.72. The molecule has 2 amide bonds. The van der Waals surface area contributed by atoms with E-state index in [2.05, 4.69) is 43.9 Å². The maximum atomic E-state index is 12.1. The van der Waals surface area contributed by atoms with Crippen LogP contribution in [-0.2, 0) is 28.1 Å². The second-order valence-electron chi connectivity index (χ2n) is 11.7. The summed E-state index contributed by atoms with van der Waals surface area (Å²) in [5.74, 6) is -1.28. The Morgan fingerprint density at radius 1 is 0.569 bits per heavy atom. The summed E-state index contributed by atoms with van der Waals surface area (Å²) in [7, 11) is 3.71. The summed E-state index contributed by atoms with van der Waals surface area (Å²) in [6, 6.07) is 30.5. The number of alkyl carbamates (subject to hydrolysis) is 2. The van der Waals surface area contributed by atoms with E-state index >= 15 is 0 Å². The standard InChI is InChI=1S/C19H21N2O4P.C18H19N2O4P/c20-10-9-17(18(22)25-26)21-19(23)24-11-16-14-7-3-1-5-12(14)13-6-2-4-8-15(13)16;19-9-16(17(21)24-25)20-18(22)23-10-15-13-7-3-1-5-11(13)12-6-2-4-8-14(12)15/h1-8,16-17H,9-11,20,26H2,(H,21,23);1-8,15-16H,9-10,19,25H2,(H,20,22)/t17-;16-/m00/s1. The Bertz CT molecular complexity index is 1780. The molecule has 4 aromatic rings. The molecule has 14 heteroatoms. The monoisotopic (exact) mass is 730 g/mol. The fourth-order valence-electron chi connectivity index (χ4n) is 6.36. The molecule has 4 aromatic carbocycles. The molecule has 2 aliphatic carbocycles. The van der Waals surface area contributed by atoms with Gasteiger partial charge in [0, 0.05) is 18.4 Å². The first-order valence-corrected chi connectivity index (χ1v) is 17.2. The van der Waals surface area contributed by atoms with Crippen LogP contribution in [0, 0.1) is 0 Å². The van der Waals surface area contributed by atoms with Crippen LogP contribution in [0.4, 0.5) is 9.59 Å². The zero-order chi connectivity index (χ0) is 36.3. The molecule has 0 aliphatic heterocycles. The van der Waals surface area contributed by atoms with Crippen molar-refractivity contribution < 1.29 is 37.7 Å². The summed E-state index contributed by atoms with van der Waals surface area (Å²) >= 11 is 0. The first-order chi connectivity index (χ1) is 24.8. The molecule has 2 aliphatic rings. The molecule has 0 saturated heterocycles. The Morgan fingerprint density at radius 2 is 0.902 bits per heavy atom. The number of carbonyl (C=O) groups excluding carboxylic acids is 4. The normalized spacial score (nSPS) is 13.5. The third-order valence-electron chi connectivity index (χ3n) is 8.76. The van der Waals surface area contributed by atoms with E-state index in [1.54, 1.807) is 0 Å². The summed E-state index contributed by atoms with van der Waals surface area (Å²) < 4.78 is 19.8. The number of amides is 2. The number of nitrogens with two attached hydrogens (primary N) is 2. The van der Waals surface area contributed by atoms with E-state index in [0.717, 1.165) is 44.5 Å².